The van der Waals surface area contributed by atoms with Gasteiger partial charge in [-0.15, -0.1) is 0 Å². The van der Waals surface area contributed by atoms with Gasteiger partial charge in [0.05, 0.1) is 18.2 Å². The Balaban J connectivity index is 2.60. The van der Waals surface area contributed by atoms with E-state index in [0.29, 0.717) is 6.42 Å². The zero-order valence-electron chi connectivity index (χ0n) is 11.2. The fourth-order valence-corrected chi connectivity index (χ4v) is 1.54. The maximum Gasteiger partial charge on any atom is 0.240 e. The summed E-state index contributed by atoms with van der Waals surface area (Å²) >= 11 is 0. The minimum absolute atomic E-state index is 0.0690. The van der Waals surface area contributed by atoms with Crippen LogP contribution in [0.25, 0.3) is 0 Å². The Morgan fingerprint density at radius 2 is 1.94 bits per heavy atom. The molecule has 4 nitrogen and oxygen atoms in total. The van der Waals surface area contributed by atoms with Crippen LogP contribution in [0.1, 0.15) is 19.4 Å². The number of hydrogen-bond acceptors (Lipinski definition) is 3. The summed E-state index contributed by atoms with van der Waals surface area (Å²) in [5, 5.41) is 15.1. The monoisotopic (exact) mass is 250 g/mol. The summed E-state index contributed by atoms with van der Waals surface area (Å²) in [4.78, 5) is 12.0. The lowest BCUT2D eigenvalue weighted by Crippen LogP contribution is -2.54. The molecule has 0 saturated carbocycles. The van der Waals surface area contributed by atoms with Crippen LogP contribution in [0.4, 0.5) is 0 Å². The summed E-state index contributed by atoms with van der Waals surface area (Å²) in [5.74, 6) is -0.111. The molecule has 0 heterocycles. The fourth-order valence-electron chi connectivity index (χ4n) is 1.54. The molecule has 0 fully saturated rings. The van der Waals surface area contributed by atoms with Crippen LogP contribution < -0.4 is 10.6 Å². The molecule has 0 aliphatic rings. The topological polar surface area (TPSA) is 61.4 Å². The first kappa shape index (κ1) is 14.7. The molecule has 0 bridgehead atoms. The van der Waals surface area contributed by atoms with Crippen molar-refractivity contribution in [1.82, 2.24) is 10.6 Å². The number of carbonyl (C=O) groups excluding carboxylic acids is 1. The van der Waals surface area contributed by atoms with E-state index in [1.807, 2.05) is 30.3 Å². The van der Waals surface area contributed by atoms with Crippen LogP contribution in [0.5, 0.6) is 0 Å². The third-order valence-corrected chi connectivity index (χ3v) is 3.07. The highest BCUT2D eigenvalue weighted by atomic mass is 16.3. The molecule has 0 spiro atoms. The minimum atomic E-state index is -0.635. The predicted octanol–water partition coefficient (Wildman–Crippen LogP) is 0.704. The Kier molecular flexibility index (Phi) is 5.31. The average Bonchev–Trinajstić information content (AvgIpc) is 2.38. The van der Waals surface area contributed by atoms with Crippen molar-refractivity contribution < 1.29 is 9.90 Å². The highest BCUT2D eigenvalue weighted by Crippen LogP contribution is 2.06. The number of amides is 1. The molecule has 0 aliphatic heterocycles. The Labute approximate surface area is 108 Å². The van der Waals surface area contributed by atoms with Crippen LogP contribution in [-0.2, 0) is 11.2 Å². The van der Waals surface area contributed by atoms with Gasteiger partial charge < -0.3 is 15.7 Å². The van der Waals surface area contributed by atoms with Crippen LogP contribution in [0.3, 0.4) is 0 Å². The normalized spacial score (nSPS) is 13.1. The van der Waals surface area contributed by atoms with Crippen LogP contribution in [0.15, 0.2) is 30.3 Å². The lowest BCUT2D eigenvalue weighted by atomic mass is 10.0. The lowest BCUT2D eigenvalue weighted by molar-refractivity contribution is -0.127. The number of aliphatic hydroxyl groups excluding tert-OH is 1. The van der Waals surface area contributed by atoms with E-state index >= 15 is 0 Å². The molecule has 1 atom stereocenters. The molecule has 1 aromatic carbocycles. The SMILES string of the molecule is CNC(C)(C)C(=O)N[C@H](CO)Cc1ccccc1. The summed E-state index contributed by atoms with van der Waals surface area (Å²) in [7, 11) is 1.74. The average molecular weight is 250 g/mol. The molecule has 18 heavy (non-hydrogen) atoms. The van der Waals surface area contributed by atoms with Crippen molar-refractivity contribution in [3.63, 3.8) is 0 Å². The zero-order chi connectivity index (χ0) is 13.6. The molecule has 3 N–H and O–H groups in total. The number of likely N-dealkylation sites (N-methyl/N-ethyl adjacent to an activating group) is 1. The van der Waals surface area contributed by atoms with Gasteiger partial charge in [-0.25, -0.2) is 0 Å². The van der Waals surface area contributed by atoms with E-state index in [4.69, 9.17) is 0 Å². The van der Waals surface area contributed by atoms with Gasteiger partial charge in [-0.2, -0.15) is 0 Å². The van der Waals surface area contributed by atoms with E-state index < -0.39 is 5.54 Å². The zero-order valence-corrected chi connectivity index (χ0v) is 11.2. The summed E-state index contributed by atoms with van der Waals surface area (Å²) < 4.78 is 0. The summed E-state index contributed by atoms with van der Waals surface area (Å²) in [6.07, 6.45) is 0.628. The molecule has 0 aliphatic carbocycles. The van der Waals surface area contributed by atoms with Crippen molar-refractivity contribution in [2.24, 2.45) is 0 Å². The van der Waals surface area contributed by atoms with E-state index in [1.165, 1.54) is 0 Å². The van der Waals surface area contributed by atoms with E-state index in [1.54, 1.807) is 20.9 Å². The van der Waals surface area contributed by atoms with E-state index in [2.05, 4.69) is 10.6 Å². The lowest BCUT2D eigenvalue weighted by Gasteiger charge is -2.26. The Bertz CT molecular complexity index is 377. The van der Waals surface area contributed by atoms with Crippen molar-refractivity contribution in [3.8, 4) is 0 Å². The fraction of sp³-hybridized carbons (Fsp3) is 0.500. The van der Waals surface area contributed by atoms with E-state index in [-0.39, 0.29) is 18.6 Å². The molecule has 0 aromatic heterocycles. The molecular weight excluding hydrogens is 228 g/mol. The minimum Gasteiger partial charge on any atom is -0.394 e. The number of nitrogens with one attached hydrogen (secondary N) is 2. The summed E-state index contributed by atoms with van der Waals surface area (Å²) in [6.45, 7) is 3.54. The smallest absolute Gasteiger partial charge is 0.240 e. The van der Waals surface area contributed by atoms with Crippen molar-refractivity contribution in [2.45, 2.75) is 31.8 Å². The number of benzene rings is 1. The number of rotatable bonds is 6. The molecule has 1 rings (SSSR count). The Morgan fingerprint density at radius 1 is 1.33 bits per heavy atom. The largest absolute Gasteiger partial charge is 0.394 e. The van der Waals surface area contributed by atoms with E-state index in [0.717, 1.165) is 5.56 Å². The second-order valence-corrected chi connectivity index (χ2v) is 4.92. The van der Waals surface area contributed by atoms with Crippen molar-refractivity contribution in [2.75, 3.05) is 13.7 Å². The molecule has 1 amide bonds. The molecule has 0 radical (unpaired) electrons. The van der Waals surface area contributed by atoms with Gasteiger partial charge in [0.1, 0.15) is 0 Å². The van der Waals surface area contributed by atoms with Crippen molar-refractivity contribution >= 4 is 5.91 Å². The van der Waals surface area contributed by atoms with Gasteiger partial charge in [0.2, 0.25) is 5.91 Å². The number of carbonyl (C=O) groups is 1. The van der Waals surface area contributed by atoms with Crippen LogP contribution >= 0.6 is 0 Å². The first-order chi connectivity index (χ1) is 8.49. The van der Waals surface area contributed by atoms with Gasteiger partial charge in [0.15, 0.2) is 0 Å². The Morgan fingerprint density at radius 3 is 2.44 bits per heavy atom. The third-order valence-electron chi connectivity index (χ3n) is 3.07. The van der Waals surface area contributed by atoms with Crippen molar-refractivity contribution in [3.05, 3.63) is 35.9 Å². The second-order valence-electron chi connectivity index (χ2n) is 4.92. The van der Waals surface area contributed by atoms with Crippen LogP contribution in [-0.4, -0.2) is 36.2 Å². The standard InChI is InChI=1S/C14H22N2O2/c1-14(2,15-3)13(18)16-12(10-17)9-11-7-5-4-6-8-11/h4-8,12,15,17H,9-10H2,1-3H3,(H,16,18)/t12-/m0/s1. The van der Waals surface area contributed by atoms with Crippen LogP contribution in [0.2, 0.25) is 0 Å². The predicted molar refractivity (Wildman–Crippen MR) is 72.3 cm³/mol. The number of hydrogen-bond donors (Lipinski definition) is 3. The van der Waals surface area contributed by atoms with Crippen molar-refractivity contribution in [1.29, 1.82) is 0 Å². The molecule has 0 saturated heterocycles. The molecule has 4 heteroatoms. The van der Waals surface area contributed by atoms with Crippen LogP contribution in [0, 0.1) is 0 Å². The molecule has 100 valence electrons. The van der Waals surface area contributed by atoms with E-state index in [9.17, 15) is 9.90 Å². The highest BCUT2D eigenvalue weighted by Gasteiger charge is 2.27. The third kappa shape index (κ3) is 4.13. The van der Waals surface area contributed by atoms with Gasteiger partial charge in [-0.1, -0.05) is 30.3 Å². The first-order valence-corrected chi connectivity index (χ1v) is 6.14. The molecular formula is C14H22N2O2. The van der Waals surface area contributed by atoms with Gasteiger partial charge >= 0.3 is 0 Å². The Hall–Kier alpha value is -1.39. The maximum absolute atomic E-state index is 12.0. The maximum atomic E-state index is 12.0. The summed E-state index contributed by atoms with van der Waals surface area (Å²) in [6, 6.07) is 9.55. The quantitative estimate of drug-likeness (QED) is 0.696. The van der Waals surface area contributed by atoms with Gasteiger partial charge in [-0.3, -0.25) is 4.79 Å². The highest BCUT2D eigenvalue weighted by molar-refractivity contribution is 5.85. The number of aliphatic hydroxyl groups is 1. The van der Waals surface area contributed by atoms with Gasteiger partial charge in [-0.05, 0) is 32.9 Å². The second kappa shape index (κ2) is 6.52. The van der Waals surface area contributed by atoms with Gasteiger partial charge in [0, 0.05) is 0 Å². The summed E-state index contributed by atoms with van der Waals surface area (Å²) in [5.41, 5.74) is 0.462. The molecule has 1 aromatic rings. The van der Waals surface area contributed by atoms with Gasteiger partial charge in [0.25, 0.3) is 0 Å². The first-order valence-electron chi connectivity index (χ1n) is 6.14. The molecule has 0 unspecified atom stereocenters.